The maximum atomic E-state index is 13.6. The quantitative estimate of drug-likeness (QED) is 0.862. The van der Waals surface area contributed by atoms with Gasteiger partial charge in [0.1, 0.15) is 11.5 Å². The third-order valence-corrected chi connectivity index (χ3v) is 2.91. The van der Waals surface area contributed by atoms with Gasteiger partial charge in [-0.15, -0.1) is 5.10 Å². The fraction of sp³-hybridized carbons (Fsp3) is 0.333. The first-order valence-corrected chi connectivity index (χ1v) is 5.93. The molecule has 1 saturated carbocycles. The summed E-state index contributed by atoms with van der Waals surface area (Å²) in [6.07, 6.45) is 3.72. The second-order valence-electron chi connectivity index (χ2n) is 4.53. The molecule has 1 fully saturated rings. The third-order valence-electron chi connectivity index (χ3n) is 2.91. The summed E-state index contributed by atoms with van der Waals surface area (Å²) in [6, 6.07) is 1.88. The van der Waals surface area contributed by atoms with Crippen LogP contribution in [0.1, 0.15) is 18.5 Å². The van der Waals surface area contributed by atoms with E-state index in [-0.39, 0.29) is 5.69 Å². The molecule has 0 radical (unpaired) electrons. The lowest BCUT2D eigenvalue weighted by Gasteiger charge is -2.03. The topological polar surface area (TPSA) is 42.7 Å². The molecule has 4 nitrogen and oxygen atoms in total. The van der Waals surface area contributed by atoms with Gasteiger partial charge in [0, 0.05) is 24.7 Å². The average Bonchev–Trinajstić information content (AvgIpc) is 3.09. The minimum absolute atomic E-state index is 0.289. The van der Waals surface area contributed by atoms with Crippen LogP contribution in [-0.4, -0.2) is 21.0 Å². The largest absolute Gasteiger partial charge is 0.308 e. The van der Waals surface area contributed by atoms with Crippen LogP contribution in [0.15, 0.2) is 18.3 Å². The maximum Gasteiger partial charge on any atom is 0.184 e. The molecule has 0 amide bonds. The van der Waals surface area contributed by atoms with E-state index in [4.69, 9.17) is 0 Å². The Morgan fingerprint density at radius 3 is 2.79 bits per heavy atom. The number of aromatic nitrogens is 3. The molecule has 0 atom stereocenters. The van der Waals surface area contributed by atoms with E-state index < -0.39 is 17.5 Å². The number of hydrogen-bond donors (Lipinski definition) is 1. The van der Waals surface area contributed by atoms with Crippen LogP contribution in [0.2, 0.25) is 0 Å². The summed E-state index contributed by atoms with van der Waals surface area (Å²) in [4.78, 5) is 0. The van der Waals surface area contributed by atoms with Gasteiger partial charge in [0.25, 0.3) is 0 Å². The smallest absolute Gasteiger partial charge is 0.184 e. The van der Waals surface area contributed by atoms with Crippen molar-refractivity contribution in [1.82, 2.24) is 20.3 Å². The van der Waals surface area contributed by atoms with Crippen LogP contribution >= 0.6 is 0 Å². The van der Waals surface area contributed by atoms with Crippen LogP contribution in [0.5, 0.6) is 0 Å². The van der Waals surface area contributed by atoms with Gasteiger partial charge in [-0.25, -0.2) is 17.9 Å². The van der Waals surface area contributed by atoms with Gasteiger partial charge in [0.05, 0.1) is 11.9 Å². The predicted octanol–water partition coefficient (Wildman–Crippen LogP) is 1.94. The maximum absolute atomic E-state index is 13.6. The summed E-state index contributed by atoms with van der Waals surface area (Å²) in [5.41, 5.74) is 0.304. The molecule has 19 heavy (non-hydrogen) atoms. The van der Waals surface area contributed by atoms with Crippen LogP contribution in [0.25, 0.3) is 5.69 Å². The van der Waals surface area contributed by atoms with Crippen molar-refractivity contribution in [1.29, 1.82) is 0 Å². The first kappa shape index (κ1) is 12.2. The zero-order valence-electron chi connectivity index (χ0n) is 9.91. The van der Waals surface area contributed by atoms with Gasteiger partial charge in [-0.05, 0) is 12.8 Å². The molecule has 0 aliphatic heterocycles. The highest BCUT2D eigenvalue weighted by molar-refractivity contribution is 5.34. The summed E-state index contributed by atoms with van der Waals surface area (Å²) >= 11 is 0. The average molecular weight is 268 g/mol. The zero-order valence-corrected chi connectivity index (χ0v) is 9.91. The molecule has 0 spiro atoms. The second kappa shape index (κ2) is 4.65. The highest BCUT2D eigenvalue weighted by Crippen LogP contribution is 2.20. The van der Waals surface area contributed by atoms with Gasteiger partial charge in [-0.1, -0.05) is 5.21 Å². The summed E-state index contributed by atoms with van der Waals surface area (Å²) < 4.78 is 40.8. The Morgan fingerprint density at radius 1 is 1.26 bits per heavy atom. The lowest BCUT2D eigenvalue weighted by atomic mass is 10.3. The van der Waals surface area contributed by atoms with E-state index in [0.717, 1.165) is 23.6 Å². The van der Waals surface area contributed by atoms with Crippen molar-refractivity contribution in [2.75, 3.05) is 0 Å². The van der Waals surface area contributed by atoms with Gasteiger partial charge >= 0.3 is 0 Å². The Balaban J connectivity index is 1.85. The number of benzene rings is 1. The van der Waals surface area contributed by atoms with Crippen LogP contribution in [0.3, 0.4) is 0 Å². The van der Waals surface area contributed by atoms with Gasteiger partial charge in [0.2, 0.25) is 0 Å². The van der Waals surface area contributed by atoms with Gasteiger partial charge < -0.3 is 5.32 Å². The van der Waals surface area contributed by atoms with Gasteiger partial charge in [-0.2, -0.15) is 0 Å². The third kappa shape index (κ3) is 2.60. The molecule has 2 aromatic rings. The Bertz CT molecular complexity index is 607. The predicted molar refractivity (Wildman–Crippen MR) is 61.1 cm³/mol. The highest BCUT2D eigenvalue weighted by Gasteiger charge is 2.21. The summed E-state index contributed by atoms with van der Waals surface area (Å²) in [5, 5.41) is 10.7. The highest BCUT2D eigenvalue weighted by atomic mass is 19.2. The SMILES string of the molecule is Fc1cc(F)c(F)c(-n2cc(CNC3CC3)nn2)c1. The first-order chi connectivity index (χ1) is 9.13. The molecule has 100 valence electrons. The molecular weight excluding hydrogens is 257 g/mol. The van der Waals surface area contributed by atoms with E-state index in [9.17, 15) is 13.2 Å². The van der Waals surface area contributed by atoms with Crippen molar-refractivity contribution < 1.29 is 13.2 Å². The number of halogens is 3. The summed E-state index contributed by atoms with van der Waals surface area (Å²) in [7, 11) is 0. The molecular formula is C12H11F3N4. The van der Waals surface area contributed by atoms with Crippen molar-refractivity contribution in [2.45, 2.75) is 25.4 Å². The van der Waals surface area contributed by atoms with Crippen molar-refractivity contribution in [3.05, 3.63) is 41.5 Å². The molecule has 0 bridgehead atoms. The van der Waals surface area contributed by atoms with E-state index in [0.29, 0.717) is 24.3 Å². The summed E-state index contributed by atoms with van der Waals surface area (Å²) in [5.74, 6) is -3.25. The number of nitrogens with one attached hydrogen (secondary N) is 1. The monoisotopic (exact) mass is 268 g/mol. The van der Waals surface area contributed by atoms with Crippen LogP contribution in [0, 0.1) is 17.5 Å². The van der Waals surface area contributed by atoms with Crippen LogP contribution < -0.4 is 5.32 Å². The minimum Gasteiger partial charge on any atom is -0.308 e. The molecule has 1 aromatic heterocycles. The van der Waals surface area contributed by atoms with E-state index >= 15 is 0 Å². The Labute approximate surface area is 107 Å². The van der Waals surface area contributed by atoms with Crippen molar-refractivity contribution in [3.63, 3.8) is 0 Å². The molecule has 3 rings (SSSR count). The normalized spacial score (nSPS) is 14.9. The van der Waals surface area contributed by atoms with Crippen molar-refractivity contribution in [2.24, 2.45) is 0 Å². The first-order valence-electron chi connectivity index (χ1n) is 5.93. The Morgan fingerprint density at radius 2 is 2.05 bits per heavy atom. The molecule has 1 heterocycles. The molecule has 1 N–H and O–H groups in total. The number of rotatable bonds is 4. The molecule has 1 aliphatic carbocycles. The van der Waals surface area contributed by atoms with E-state index in [2.05, 4.69) is 15.6 Å². The molecule has 1 aromatic carbocycles. The van der Waals surface area contributed by atoms with E-state index in [1.807, 2.05) is 0 Å². The minimum atomic E-state index is -1.25. The van der Waals surface area contributed by atoms with Gasteiger partial charge in [-0.3, -0.25) is 0 Å². The Kier molecular flexibility index (Phi) is 2.98. The van der Waals surface area contributed by atoms with Gasteiger partial charge in [0.15, 0.2) is 11.6 Å². The lowest BCUT2D eigenvalue weighted by molar-refractivity contribution is 0.487. The lowest BCUT2D eigenvalue weighted by Crippen LogP contribution is -2.15. The zero-order chi connectivity index (χ0) is 13.4. The standard InChI is InChI=1S/C12H11F3N4/c13-7-3-10(14)12(15)11(4-7)19-6-9(17-18-19)5-16-8-1-2-8/h3-4,6,8,16H,1-2,5H2. The fourth-order valence-electron chi connectivity index (χ4n) is 1.74. The van der Waals surface area contributed by atoms with Crippen molar-refractivity contribution in [3.8, 4) is 5.69 Å². The molecule has 0 unspecified atom stereocenters. The van der Waals surface area contributed by atoms with E-state index in [1.54, 1.807) is 0 Å². The number of nitrogens with zero attached hydrogens (tertiary/aromatic N) is 3. The van der Waals surface area contributed by atoms with E-state index in [1.165, 1.54) is 6.20 Å². The Hall–Kier alpha value is -1.89. The summed E-state index contributed by atoms with van der Waals surface area (Å²) in [6.45, 7) is 0.504. The molecule has 1 aliphatic rings. The van der Waals surface area contributed by atoms with Crippen LogP contribution in [-0.2, 0) is 6.54 Å². The van der Waals surface area contributed by atoms with Crippen LogP contribution in [0.4, 0.5) is 13.2 Å². The molecule has 7 heteroatoms. The van der Waals surface area contributed by atoms with Crippen molar-refractivity contribution >= 4 is 0 Å². The number of hydrogen-bond acceptors (Lipinski definition) is 3. The second-order valence-corrected chi connectivity index (χ2v) is 4.53. The molecule has 0 saturated heterocycles. The fourth-order valence-corrected chi connectivity index (χ4v) is 1.74.